The summed E-state index contributed by atoms with van der Waals surface area (Å²) in [5.74, 6) is 0.676. The number of benzene rings is 2. The second-order valence-corrected chi connectivity index (χ2v) is 12.2. The molecule has 2 aromatic carbocycles. The number of aryl methyl sites for hydroxylation is 1. The van der Waals surface area contributed by atoms with Crippen LogP contribution in [0.5, 0.6) is 0 Å². The molecule has 2 amide bonds. The molecule has 4 nitrogen and oxygen atoms in total. The summed E-state index contributed by atoms with van der Waals surface area (Å²) in [7, 11) is 0. The zero-order valence-electron chi connectivity index (χ0n) is 21.5. The first-order valence-electron chi connectivity index (χ1n) is 13.6. The molecule has 0 spiro atoms. The van der Waals surface area contributed by atoms with Crippen LogP contribution in [0, 0.1) is 12.8 Å². The molecule has 1 aliphatic heterocycles. The standard InChI is InChI=1S/C31H38N2O2S/c1-21-8-7-10-24(18-21)20-33-27-12-5-6-13-28(27)36-29(31(33)35)19-23-14-16-25(17-15-23)30(34)32-26-11-4-3-9-22(26)2/h7-8,10,14-19,22,26-28H,3-6,9,11-13,20H2,1-2H3,(H,32,34)/b29-19+. The fourth-order valence-electron chi connectivity index (χ4n) is 6.03. The Morgan fingerprint density at radius 1 is 1.03 bits per heavy atom. The zero-order chi connectivity index (χ0) is 25.1. The van der Waals surface area contributed by atoms with Gasteiger partial charge in [-0.25, -0.2) is 0 Å². The second kappa shape index (κ2) is 11.2. The number of carbonyl (C=O) groups is 2. The van der Waals surface area contributed by atoms with Crippen LogP contribution in [0.4, 0.5) is 0 Å². The molecule has 1 N–H and O–H groups in total. The largest absolute Gasteiger partial charge is 0.349 e. The highest BCUT2D eigenvalue weighted by atomic mass is 32.2. The third kappa shape index (κ3) is 5.72. The first-order chi connectivity index (χ1) is 17.5. The molecule has 1 saturated heterocycles. The van der Waals surface area contributed by atoms with Gasteiger partial charge in [0.15, 0.2) is 0 Å². The molecule has 3 aliphatic rings. The molecule has 5 heteroatoms. The number of nitrogens with zero attached hydrogens (tertiary/aromatic N) is 1. The molecule has 3 fully saturated rings. The Morgan fingerprint density at radius 2 is 1.78 bits per heavy atom. The fraction of sp³-hybridized carbons (Fsp3) is 0.484. The molecule has 5 rings (SSSR count). The van der Waals surface area contributed by atoms with Gasteiger partial charge >= 0.3 is 0 Å². The fourth-order valence-corrected chi connectivity index (χ4v) is 7.51. The lowest BCUT2D eigenvalue weighted by Crippen LogP contribution is -2.50. The number of rotatable bonds is 5. The van der Waals surface area contributed by atoms with E-state index in [1.54, 1.807) is 11.8 Å². The van der Waals surface area contributed by atoms with Crippen LogP contribution >= 0.6 is 11.8 Å². The smallest absolute Gasteiger partial charge is 0.260 e. The first kappa shape index (κ1) is 25.1. The quantitative estimate of drug-likeness (QED) is 0.461. The van der Waals surface area contributed by atoms with E-state index in [1.807, 2.05) is 30.3 Å². The van der Waals surface area contributed by atoms with E-state index in [1.165, 1.54) is 43.2 Å². The van der Waals surface area contributed by atoms with Gasteiger partial charge in [0.2, 0.25) is 0 Å². The van der Waals surface area contributed by atoms with Crippen LogP contribution in [-0.4, -0.2) is 34.0 Å². The van der Waals surface area contributed by atoms with Crippen molar-refractivity contribution in [3.8, 4) is 0 Å². The molecule has 4 unspecified atom stereocenters. The number of thioether (sulfide) groups is 1. The van der Waals surface area contributed by atoms with Crippen molar-refractivity contribution in [2.75, 3.05) is 0 Å². The molecule has 2 aromatic rings. The number of hydrogen-bond acceptors (Lipinski definition) is 3. The average molecular weight is 503 g/mol. The molecular formula is C31H38N2O2S. The molecule has 2 aliphatic carbocycles. The molecule has 0 radical (unpaired) electrons. The van der Waals surface area contributed by atoms with Gasteiger partial charge in [0.05, 0.1) is 4.91 Å². The van der Waals surface area contributed by atoms with Gasteiger partial charge in [-0.05, 0) is 67.9 Å². The maximum absolute atomic E-state index is 13.7. The Labute approximate surface area is 219 Å². The van der Waals surface area contributed by atoms with Crippen LogP contribution in [0.2, 0.25) is 0 Å². The number of fused-ring (bicyclic) bond motifs is 1. The molecule has 36 heavy (non-hydrogen) atoms. The molecule has 4 atom stereocenters. The van der Waals surface area contributed by atoms with E-state index in [0.29, 0.717) is 29.3 Å². The summed E-state index contributed by atoms with van der Waals surface area (Å²) in [6, 6.07) is 16.8. The van der Waals surface area contributed by atoms with E-state index in [0.717, 1.165) is 29.7 Å². The second-order valence-electron chi connectivity index (χ2n) is 10.9. The number of hydrogen-bond donors (Lipinski definition) is 1. The van der Waals surface area contributed by atoms with Crippen LogP contribution in [0.1, 0.15) is 85.3 Å². The summed E-state index contributed by atoms with van der Waals surface area (Å²) in [4.78, 5) is 29.4. The molecule has 190 valence electrons. The van der Waals surface area contributed by atoms with E-state index in [-0.39, 0.29) is 17.9 Å². The van der Waals surface area contributed by atoms with Crippen molar-refractivity contribution >= 4 is 29.7 Å². The minimum absolute atomic E-state index is 0.00504. The van der Waals surface area contributed by atoms with Gasteiger partial charge in [0, 0.05) is 29.4 Å². The zero-order valence-corrected chi connectivity index (χ0v) is 22.4. The SMILES string of the molecule is Cc1cccc(CN2C(=O)/C(=C\c3ccc(C(=O)NC4CCCCC4C)cc3)SC3CCCCC32)c1. The van der Waals surface area contributed by atoms with Crippen LogP contribution < -0.4 is 5.32 Å². The van der Waals surface area contributed by atoms with Crippen LogP contribution in [0.15, 0.2) is 53.4 Å². The van der Waals surface area contributed by atoms with Crippen molar-refractivity contribution < 1.29 is 9.59 Å². The third-order valence-electron chi connectivity index (χ3n) is 8.15. The summed E-state index contributed by atoms with van der Waals surface area (Å²) in [6.45, 7) is 5.00. The number of carbonyl (C=O) groups excluding carboxylic acids is 2. The van der Waals surface area contributed by atoms with Gasteiger partial charge in [0.25, 0.3) is 11.8 Å². The van der Waals surface area contributed by atoms with Crippen LogP contribution in [-0.2, 0) is 11.3 Å². The minimum Gasteiger partial charge on any atom is -0.349 e. The highest BCUT2D eigenvalue weighted by Crippen LogP contribution is 2.42. The lowest BCUT2D eigenvalue weighted by molar-refractivity contribution is -0.130. The summed E-state index contributed by atoms with van der Waals surface area (Å²) in [5.41, 5.74) is 4.08. The third-order valence-corrected chi connectivity index (χ3v) is 9.55. The van der Waals surface area contributed by atoms with E-state index >= 15 is 0 Å². The Balaban J connectivity index is 1.32. The predicted molar refractivity (Wildman–Crippen MR) is 149 cm³/mol. The number of amides is 2. The van der Waals surface area contributed by atoms with E-state index in [4.69, 9.17) is 0 Å². The Bertz CT molecular complexity index is 1130. The maximum Gasteiger partial charge on any atom is 0.260 e. The molecular weight excluding hydrogens is 464 g/mol. The molecule has 2 saturated carbocycles. The Hall–Kier alpha value is -2.53. The molecule has 0 bridgehead atoms. The monoisotopic (exact) mass is 502 g/mol. The maximum atomic E-state index is 13.7. The van der Waals surface area contributed by atoms with E-state index < -0.39 is 0 Å². The van der Waals surface area contributed by atoms with E-state index in [2.05, 4.69) is 48.3 Å². The lowest BCUT2D eigenvalue weighted by Gasteiger charge is -2.44. The minimum atomic E-state index is 0.00504. The van der Waals surface area contributed by atoms with Crippen LogP contribution in [0.25, 0.3) is 6.08 Å². The summed E-state index contributed by atoms with van der Waals surface area (Å²) in [5, 5.41) is 3.69. The van der Waals surface area contributed by atoms with E-state index in [9.17, 15) is 9.59 Å². The summed E-state index contributed by atoms with van der Waals surface area (Å²) in [6.07, 6.45) is 11.4. The summed E-state index contributed by atoms with van der Waals surface area (Å²) < 4.78 is 0. The normalized spacial score (nSPS) is 27.6. The predicted octanol–water partition coefficient (Wildman–Crippen LogP) is 6.73. The van der Waals surface area contributed by atoms with Crippen molar-refractivity contribution in [1.82, 2.24) is 10.2 Å². The Kier molecular flexibility index (Phi) is 7.85. The molecule has 1 heterocycles. The molecule has 0 aromatic heterocycles. The number of nitrogens with one attached hydrogen (secondary N) is 1. The van der Waals surface area contributed by atoms with Crippen molar-refractivity contribution in [2.24, 2.45) is 5.92 Å². The van der Waals surface area contributed by atoms with Crippen LogP contribution in [0.3, 0.4) is 0 Å². The van der Waals surface area contributed by atoms with Crippen molar-refractivity contribution in [3.63, 3.8) is 0 Å². The van der Waals surface area contributed by atoms with Gasteiger partial charge < -0.3 is 10.2 Å². The summed E-state index contributed by atoms with van der Waals surface area (Å²) >= 11 is 1.76. The van der Waals surface area contributed by atoms with Gasteiger partial charge in [-0.15, -0.1) is 11.8 Å². The van der Waals surface area contributed by atoms with Crippen molar-refractivity contribution in [2.45, 2.75) is 89.1 Å². The van der Waals surface area contributed by atoms with Gasteiger partial charge in [-0.2, -0.15) is 0 Å². The van der Waals surface area contributed by atoms with Gasteiger partial charge in [-0.1, -0.05) is 74.6 Å². The van der Waals surface area contributed by atoms with Crippen molar-refractivity contribution in [3.05, 3.63) is 75.7 Å². The topological polar surface area (TPSA) is 49.4 Å². The Morgan fingerprint density at radius 3 is 2.56 bits per heavy atom. The van der Waals surface area contributed by atoms with Gasteiger partial charge in [0.1, 0.15) is 0 Å². The van der Waals surface area contributed by atoms with Gasteiger partial charge in [-0.3, -0.25) is 9.59 Å². The lowest BCUT2D eigenvalue weighted by atomic mass is 9.86. The highest BCUT2D eigenvalue weighted by molar-refractivity contribution is 8.04. The average Bonchev–Trinajstić information content (AvgIpc) is 2.88. The van der Waals surface area contributed by atoms with Crippen molar-refractivity contribution in [1.29, 1.82) is 0 Å². The highest BCUT2D eigenvalue weighted by Gasteiger charge is 2.40. The first-order valence-corrected chi connectivity index (χ1v) is 14.5.